The molecule has 0 heterocycles. The number of rotatable bonds is 0. The van der Waals surface area contributed by atoms with E-state index in [9.17, 15) is 0 Å². The summed E-state index contributed by atoms with van der Waals surface area (Å²) in [5.41, 5.74) is 0. The van der Waals surface area contributed by atoms with Crippen molar-refractivity contribution >= 4 is 16.2 Å². The molecule has 4 heteroatoms. The zero-order valence-corrected chi connectivity index (χ0v) is 5.08. The molecule has 0 saturated carbocycles. The van der Waals surface area contributed by atoms with Crippen LogP contribution < -0.4 is 0 Å². The van der Waals surface area contributed by atoms with Gasteiger partial charge in [0.05, 0.1) is 0 Å². The van der Waals surface area contributed by atoms with E-state index in [0.29, 0.717) is 16.2 Å². The van der Waals surface area contributed by atoms with Crippen molar-refractivity contribution in [3.63, 3.8) is 0 Å². The average molecular weight is 227 g/mol. The topological polar surface area (TPSA) is 34.1 Å². The molecule has 0 aromatic rings. The Morgan fingerprint density at radius 3 is 1.25 bits per heavy atom. The fourth-order valence-corrected chi connectivity index (χ4v) is 0. The number of hydrogen-bond acceptors (Lipinski definition) is 2. The molecule has 0 saturated heterocycles. The Bertz CT molecular complexity index is 8.00. The minimum atomic E-state index is 0.611. The molecule has 28 valence electrons. The van der Waals surface area contributed by atoms with E-state index in [1.54, 1.807) is 0 Å². The summed E-state index contributed by atoms with van der Waals surface area (Å²) in [7, 11) is 0. The van der Waals surface area contributed by atoms with Gasteiger partial charge in [0.2, 0.25) is 0 Å². The minimum absolute atomic E-state index is 0.611. The second kappa shape index (κ2) is 26.3. The molecule has 0 amide bonds. The molecule has 0 atom stereocenters. The zero-order chi connectivity index (χ0) is 4.00. The van der Waals surface area contributed by atoms with Gasteiger partial charge >= 0.3 is 57.0 Å². The maximum atomic E-state index is 8.28. The van der Waals surface area contributed by atoms with Crippen molar-refractivity contribution in [2.45, 2.75) is 0 Å². The van der Waals surface area contributed by atoms with Crippen LogP contribution in [0.15, 0.2) is 0 Å². The average Bonchev–Trinajstić information content (AvgIpc) is 1.50. The Morgan fingerprint density at radius 2 is 1.25 bits per heavy atom. The van der Waals surface area contributed by atoms with Crippen molar-refractivity contribution in [1.29, 1.82) is 0 Å². The molecule has 0 spiro atoms. The SMILES string of the molecule is [O]=[AlH].[O]=[Er]. The molecule has 0 aromatic carbocycles. The Balaban J connectivity index is 0. The molecule has 0 N–H and O–H groups in total. The van der Waals surface area contributed by atoms with Gasteiger partial charge in [-0.1, -0.05) is 0 Å². The van der Waals surface area contributed by atoms with E-state index in [2.05, 4.69) is 0 Å². The van der Waals surface area contributed by atoms with Crippen LogP contribution in [0.1, 0.15) is 0 Å². The standard InChI is InChI=1S/Al.Er.2O.H. The molecule has 2 nitrogen and oxygen atoms in total. The van der Waals surface area contributed by atoms with Crippen LogP contribution in [0.4, 0.5) is 0 Å². The van der Waals surface area contributed by atoms with Crippen LogP contribution in [-0.2, 0) is 5.29 Å². The van der Waals surface area contributed by atoms with Crippen LogP contribution in [-0.4, -0.2) is 16.2 Å². The Labute approximate surface area is 56.3 Å². The molecule has 0 rings (SSSR count). The second-order valence-corrected chi connectivity index (χ2v) is 0. The molecular weight excluding hydrogens is 226 g/mol. The summed E-state index contributed by atoms with van der Waals surface area (Å²) < 4.78 is 16.4. The summed E-state index contributed by atoms with van der Waals surface area (Å²) in [6.45, 7) is 0. The van der Waals surface area contributed by atoms with Gasteiger partial charge in [-0.15, -0.1) is 0 Å². The van der Waals surface area contributed by atoms with E-state index >= 15 is 0 Å². The third-order valence-electron chi connectivity index (χ3n) is 0. The third-order valence-corrected chi connectivity index (χ3v) is 0. The van der Waals surface area contributed by atoms with Crippen LogP contribution in [0, 0.1) is 35.5 Å². The fourth-order valence-electron chi connectivity index (χ4n) is 0. The van der Waals surface area contributed by atoms with Gasteiger partial charge in [-0.05, 0) is 0 Å². The Kier molecular flexibility index (Phi) is 59.4. The molecule has 0 unspecified atom stereocenters. The van der Waals surface area contributed by atoms with Gasteiger partial charge in [0.25, 0.3) is 0 Å². The van der Waals surface area contributed by atoms with E-state index in [0.717, 1.165) is 0 Å². The summed E-state index contributed by atoms with van der Waals surface area (Å²) >= 11 is 1.78. The van der Waals surface area contributed by atoms with Crippen molar-refractivity contribution in [2.24, 2.45) is 0 Å². The van der Waals surface area contributed by atoms with Crippen molar-refractivity contribution < 1.29 is 40.8 Å². The van der Waals surface area contributed by atoms with E-state index in [4.69, 9.17) is 5.29 Å². The van der Waals surface area contributed by atoms with Gasteiger partial charge in [0.15, 0.2) is 0 Å². The van der Waals surface area contributed by atoms with Gasteiger partial charge < -0.3 is 0 Å². The first-order valence-corrected chi connectivity index (χ1v) is 1.74. The first-order valence-electron chi connectivity index (χ1n) is 0.407. The van der Waals surface area contributed by atoms with E-state index < -0.39 is 0 Å². The van der Waals surface area contributed by atoms with Crippen molar-refractivity contribution in [3.8, 4) is 0 Å². The van der Waals surface area contributed by atoms with Crippen molar-refractivity contribution in [2.75, 3.05) is 0 Å². The van der Waals surface area contributed by atoms with Crippen LogP contribution in [0.25, 0.3) is 0 Å². The molecule has 0 fully saturated rings. The van der Waals surface area contributed by atoms with Gasteiger partial charge in [-0.3, -0.25) is 0 Å². The molecule has 0 aliphatic heterocycles. The van der Waals surface area contributed by atoms with Crippen LogP contribution >= 0.6 is 0 Å². The van der Waals surface area contributed by atoms with E-state index in [-0.39, 0.29) is 0 Å². The molecular formula is HAlErO2. The summed E-state index contributed by atoms with van der Waals surface area (Å²) in [5, 5.41) is 0. The Morgan fingerprint density at radius 1 is 1.25 bits per heavy atom. The number of hydrogen-bond donors (Lipinski definition) is 0. The van der Waals surface area contributed by atoms with Gasteiger partial charge in [0.1, 0.15) is 0 Å². The summed E-state index contributed by atoms with van der Waals surface area (Å²) in [6.07, 6.45) is 0. The first kappa shape index (κ1) is 9.03. The normalized spacial score (nSPS) is 2.25. The van der Waals surface area contributed by atoms with Crippen molar-refractivity contribution in [3.05, 3.63) is 0 Å². The molecule has 0 radical (unpaired) electrons. The van der Waals surface area contributed by atoms with Gasteiger partial charge in [-0.2, -0.15) is 0 Å². The van der Waals surface area contributed by atoms with E-state index in [1.165, 1.54) is 35.5 Å². The second-order valence-electron chi connectivity index (χ2n) is 0. The summed E-state index contributed by atoms with van der Waals surface area (Å²) in [5.74, 6) is 0. The fraction of sp³-hybridized carbons (Fsp3) is 0. The van der Waals surface area contributed by atoms with Gasteiger partial charge in [-0.25, -0.2) is 0 Å². The zero-order valence-electron chi connectivity index (χ0n) is 1.81. The molecule has 0 aliphatic rings. The van der Waals surface area contributed by atoms with Crippen LogP contribution in [0.2, 0.25) is 0 Å². The van der Waals surface area contributed by atoms with Crippen LogP contribution in [0.5, 0.6) is 0 Å². The van der Waals surface area contributed by atoms with Crippen LogP contribution in [0.3, 0.4) is 0 Å². The molecule has 0 aromatic heterocycles. The summed E-state index contributed by atoms with van der Waals surface area (Å²) in [4.78, 5) is 0. The molecule has 4 heavy (non-hydrogen) atoms. The predicted molar refractivity (Wildman–Crippen MR) is 8.52 cm³/mol. The predicted octanol–water partition coefficient (Wildman–Crippen LogP) is -0.886. The van der Waals surface area contributed by atoms with Crippen molar-refractivity contribution in [1.82, 2.24) is 0 Å². The molecule has 0 aliphatic carbocycles. The molecule has 0 bridgehead atoms. The first-order chi connectivity index (χ1) is 2.00. The maximum absolute atomic E-state index is 8.28. The van der Waals surface area contributed by atoms with E-state index in [1.807, 2.05) is 0 Å². The monoisotopic (exact) mass is 226 g/mol. The Hall–Kier alpha value is 1.38. The quantitative estimate of drug-likeness (QED) is 0.503. The summed E-state index contributed by atoms with van der Waals surface area (Å²) in [6, 6.07) is 0. The van der Waals surface area contributed by atoms with Gasteiger partial charge in [0, 0.05) is 0 Å². The third kappa shape index (κ3) is 10.1.